The molecule has 2 N–H and O–H groups in total. The Hall–Kier alpha value is -1.09. The van der Waals surface area contributed by atoms with Crippen LogP contribution < -0.4 is 10.6 Å². The topological polar surface area (TPSA) is 24.1 Å². The van der Waals surface area contributed by atoms with Crippen molar-refractivity contribution in [2.45, 2.75) is 71.1 Å². The molecule has 0 amide bonds. The molecule has 0 fully saturated rings. The van der Waals surface area contributed by atoms with Gasteiger partial charge < -0.3 is 10.6 Å². The lowest BCUT2D eigenvalue weighted by Crippen LogP contribution is -2.29. The van der Waals surface area contributed by atoms with E-state index < -0.39 is 0 Å². The number of hydrogen-bond acceptors (Lipinski definition) is 1. The number of benzene rings is 1. The van der Waals surface area contributed by atoms with Crippen LogP contribution in [0.4, 0.5) is 5.69 Å². The van der Waals surface area contributed by atoms with Crippen LogP contribution in [0.2, 0.25) is 0 Å². The lowest BCUT2D eigenvalue weighted by molar-refractivity contribution is 0.555. The minimum absolute atomic E-state index is 0.724. The lowest BCUT2D eigenvalue weighted by Gasteiger charge is -2.10. The summed E-state index contributed by atoms with van der Waals surface area (Å²) in [7, 11) is 0. The van der Waals surface area contributed by atoms with Crippen molar-refractivity contribution < 1.29 is 0 Å². The number of para-hydroxylation sites is 1. The first kappa shape index (κ1) is 19.0. The largest absolute Gasteiger partial charge is 0.362 e. The highest BCUT2D eigenvalue weighted by molar-refractivity contribution is 7.80. The summed E-state index contributed by atoms with van der Waals surface area (Å²) in [6.07, 6.45) is 13.7. The standard InChI is InChI=1S/C19H32N2S/c1-2-3-4-5-6-7-8-9-10-14-17-20-19(22)21-18-15-12-11-13-16-18/h11-13,15-16H,2-10,14,17H2,1H3,(H2,20,21,22). The Morgan fingerprint density at radius 3 is 1.95 bits per heavy atom. The normalized spacial score (nSPS) is 10.4. The van der Waals surface area contributed by atoms with Crippen LogP contribution in [-0.2, 0) is 0 Å². The maximum Gasteiger partial charge on any atom is 0.170 e. The van der Waals surface area contributed by atoms with E-state index >= 15 is 0 Å². The van der Waals surface area contributed by atoms with E-state index in [1.807, 2.05) is 30.3 Å². The lowest BCUT2D eigenvalue weighted by atomic mass is 10.1. The fourth-order valence-corrected chi connectivity index (χ4v) is 2.73. The van der Waals surface area contributed by atoms with E-state index in [9.17, 15) is 0 Å². The molecule has 0 atom stereocenters. The molecule has 1 aromatic carbocycles. The molecule has 1 rings (SSSR count). The molecular formula is C19H32N2S. The van der Waals surface area contributed by atoms with Crippen molar-refractivity contribution in [1.82, 2.24) is 5.32 Å². The maximum atomic E-state index is 5.28. The molecule has 3 heteroatoms. The number of rotatable bonds is 12. The van der Waals surface area contributed by atoms with E-state index in [2.05, 4.69) is 17.6 Å². The zero-order valence-corrected chi connectivity index (χ0v) is 14.9. The minimum Gasteiger partial charge on any atom is -0.362 e. The molecule has 124 valence electrons. The van der Waals surface area contributed by atoms with Gasteiger partial charge in [0.2, 0.25) is 0 Å². The third-order valence-electron chi connectivity index (χ3n) is 3.85. The molecule has 22 heavy (non-hydrogen) atoms. The maximum absolute atomic E-state index is 5.28. The Balaban J connectivity index is 1.86. The number of nitrogens with one attached hydrogen (secondary N) is 2. The summed E-state index contributed by atoms with van der Waals surface area (Å²) in [5.74, 6) is 0. The Morgan fingerprint density at radius 1 is 0.818 bits per heavy atom. The van der Waals surface area contributed by atoms with Gasteiger partial charge in [-0.2, -0.15) is 0 Å². The van der Waals surface area contributed by atoms with E-state index in [0.717, 1.165) is 17.3 Å². The molecule has 0 saturated heterocycles. The van der Waals surface area contributed by atoms with Gasteiger partial charge >= 0.3 is 0 Å². The SMILES string of the molecule is CCCCCCCCCCCCNC(=S)Nc1ccccc1. The van der Waals surface area contributed by atoms with Gasteiger partial charge in [0.1, 0.15) is 0 Å². The Kier molecular flexibility index (Phi) is 11.7. The second-order valence-corrected chi connectivity index (χ2v) is 6.34. The van der Waals surface area contributed by atoms with Crippen LogP contribution in [0.1, 0.15) is 71.1 Å². The summed E-state index contributed by atoms with van der Waals surface area (Å²) in [4.78, 5) is 0. The first-order valence-electron chi connectivity index (χ1n) is 8.93. The van der Waals surface area contributed by atoms with Crippen LogP contribution in [0.15, 0.2) is 30.3 Å². The number of thiocarbonyl (C=S) groups is 1. The average molecular weight is 321 g/mol. The molecule has 0 bridgehead atoms. The fourth-order valence-electron chi connectivity index (χ4n) is 2.51. The van der Waals surface area contributed by atoms with Gasteiger partial charge in [-0.3, -0.25) is 0 Å². The van der Waals surface area contributed by atoms with Gasteiger partial charge in [0, 0.05) is 12.2 Å². The smallest absolute Gasteiger partial charge is 0.170 e. The van der Waals surface area contributed by atoms with Crippen molar-refractivity contribution in [3.63, 3.8) is 0 Å². The van der Waals surface area contributed by atoms with Crippen LogP contribution in [0.3, 0.4) is 0 Å². The summed E-state index contributed by atoms with van der Waals surface area (Å²) >= 11 is 5.28. The summed E-state index contributed by atoms with van der Waals surface area (Å²) in [5, 5.41) is 7.20. The van der Waals surface area contributed by atoms with Crippen molar-refractivity contribution in [2.24, 2.45) is 0 Å². The fraction of sp³-hybridized carbons (Fsp3) is 0.632. The average Bonchev–Trinajstić information content (AvgIpc) is 2.53. The Labute approximate surface area is 142 Å². The minimum atomic E-state index is 0.724. The molecule has 0 radical (unpaired) electrons. The first-order chi connectivity index (χ1) is 10.8. The van der Waals surface area contributed by atoms with Crippen LogP contribution >= 0.6 is 12.2 Å². The molecule has 0 heterocycles. The summed E-state index contributed by atoms with van der Waals surface area (Å²) < 4.78 is 0. The number of unbranched alkanes of at least 4 members (excludes halogenated alkanes) is 9. The first-order valence-corrected chi connectivity index (χ1v) is 9.33. The Bertz CT molecular complexity index is 378. The third kappa shape index (κ3) is 10.6. The summed E-state index contributed by atoms with van der Waals surface area (Å²) in [6.45, 7) is 3.24. The number of hydrogen-bond donors (Lipinski definition) is 2. The molecule has 0 saturated carbocycles. The van der Waals surface area contributed by atoms with Crippen LogP contribution in [0.25, 0.3) is 0 Å². The van der Waals surface area contributed by atoms with Gasteiger partial charge in [0.05, 0.1) is 0 Å². The molecule has 0 spiro atoms. The molecule has 0 aliphatic heterocycles. The highest BCUT2D eigenvalue weighted by Crippen LogP contribution is 2.10. The van der Waals surface area contributed by atoms with E-state index in [0.29, 0.717) is 0 Å². The zero-order chi connectivity index (χ0) is 15.9. The summed E-state index contributed by atoms with van der Waals surface area (Å²) in [6, 6.07) is 10.1. The number of anilines is 1. The van der Waals surface area contributed by atoms with Crippen molar-refractivity contribution in [3.8, 4) is 0 Å². The van der Waals surface area contributed by atoms with Gasteiger partial charge in [0.15, 0.2) is 5.11 Å². The predicted molar refractivity (Wildman–Crippen MR) is 103 cm³/mol. The van der Waals surface area contributed by atoms with Crippen molar-refractivity contribution in [2.75, 3.05) is 11.9 Å². The quantitative estimate of drug-likeness (QED) is 0.371. The van der Waals surface area contributed by atoms with Gasteiger partial charge in [-0.05, 0) is 30.8 Å². The van der Waals surface area contributed by atoms with Gasteiger partial charge in [-0.15, -0.1) is 0 Å². The van der Waals surface area contributed by atoms with Crippen LogP contribution in [0.5, 0.6) is 0 Å². The van der Waals surface area contributed by atoms with E-state index in [-0.39, 0.29) is 0 Å². The molecule has 0 aliphatic rings. The second kappa shape index (κ2) is 13.6. The molecular weight excluding hydrogens is 288 g/mol. The molecule has 0 unspecified atom stereocenters. The van der Waals surface area contributed by atoms with Crippen molar-refractivity contribution >= 4 is 23.0 Å². The van der Waals surface area contributed by atoms with E-state index in [4.69, 9.17) is 12.2 Å². The van der Waals surface area contributed by atoms with E-state index in [1.165, 1.54) is 64.2 Å². The van der Waals surface area contributed by atoms with Crippen molar-refractivity contribution in [1.29, 1.82) is 0 Å². The van der Waals surface area contributed by atoms with Crippen LogP contribution in [-0.4, -0.2) is 11.7 Å². The van der Waals surface area contributed by atoms with Crippen LogP contribution in [0, 0.1) is 0 Å². The molecule has 0 aliphatic carbocycles. The predicted octanol–water partition coefficient (Wildman–Crippen LogP) is 5.89. The zero-order valence-electron chi connectivity index (χ0n) is 14.1. The summed E-state index contributed by atoms with van der Waals surface area (Å²) in [5.41, 5.74) is 1.04. The monoisotopic (exact) mass is 320 g/mol. The highest BCUT2D eigenvalue weighted by atomic mass is 32.1. The van der Waals surface area contributed by atoms with Gasteiger partial charge in [-0.25, -0.2) is 0 Å². The van der Waals surface area contributed by atoms with Gasteiger partial charge in [0.25, 0.3) is 0 Å². The highest BCUT2D eigenvalue weighted by Gasteiger charge is 1.96. The second-order valence-electron chi connectivity index (χ2n) is 5.93. The van der Waals surface area contributed by atoms with Gasteiger partial charge in [-0.1, -0.05) is 82.9 Å². The van der Waals surface area contributed by atoms with Crippen molar-refractivity contribution in [3.05, 3.63) is 30.3 Å². The molecule has 2 nitrogen and oxygen atoms in total. The Morgan fingerprint density at radius 2 is 1.36 bits per heavy atom. The molecule has 0 aromatic heterocycles. The third-order valence-corrected chi connectivity index (χ3v) is 4.09. The van der Waals surface area contributed by atoms with E-state index in [1.54, 1.807) is 0 Å². The molecule has 1 aromatic rings.